The summed E-state index contributed by atoms with van der Waals surface area (Å²) in [6.45, 7) is 1.37. The first-order chi connectivity index (χ1) is 14.6. The number of aryl methyl sites for hydroxylation is 1. The number of rotatable bonds is 6. The molecule has 1 saturated heterocycles. The van der Waals surface area contributed by atoms with Crippen LogP contribution in [0.5, 0.6) is 0 Å². The Morgan fingerprint density at radius 2 is 1.55 bits per heavy atom. The molecule has 0 saturated carbocycles. The molecule has 2 atom stereocenters. The van der Waals surface area contributed by atoms with Crippen molar-refractivity contribution in [1.82, 2.24) is 0 Å². The van der Waals surface area contributed by atoms with Crippen molar-refractivity contribution in [2.75, 3.05) is 6.61 Å². The van der Waals surface area contributed by atoms with E-state index in [2.05, 4.69) is 0 Å². The Morgan fingerprint density at radius 3 is 2.19 bits per heavy atom. The van der Waals surface area contributed by atoms with E-state index in [0.717, 1.165) is 11.6 Å². The molecule has 0 unspecified atom stereocenters. The van der Waals surface area contributed by atoms with Crippen molar-refractivity contribution in [2.24, 2.45) is 0 Å². The van der Waals surface area contributed by atoms with Gasteiger partial charge in [-0.25, -0.2) is 0 Å². The van der Waals surface area contributed by atoms with Gasteiger partial charge in [-0.15, -0.1) is 0 Å². The Kier molecular flexibility index (Phi) is 5.41. The van der Waals surface area contributed by atoms with E-state index in [4.69, 9.17) is 8.92 Å². The molecule has 0 aliphatic carbocycles. The van der Waals surface area contributed by atoms with Crippen LogP contribution in [-0.4, -0.2) is 15.0 Å². The number of halogens is 3. The van der Waals surface area contributed by atoms with Crippen molar-refractivity contribution < 1.29 is 30.5 Å². The van der Waals surface area contributed by atoms with E-state index < -0.39 is 40.2 Å². The molecule has 3 aromatic rings. The normalized spacial score (nSPS) is 21.1. The first kappa shape index (κ1) is 21.5. The SMILES string of the molecule is Cc1ccc(S(=O)(=O)OC[C@@]2(c3ccccc3)O[C@H]2c2ccccc2C(F)(F)F)cc1. The maximum atomic E-state index is 13.5. The Bertz CT molecular complexity index is 1180. The van der Waals surface area contributed by atoms with Crippen LogP contribution in [0.4, 0.5) is 13.2 Å². The average Bonchev–Trinajstić information content (AvgIpc) is 3.49. The van der Waals surface area contributed by atoms with Crippen molar-refractivity contribution in [1.29, 1.82) is 0 Å². The van der Waals surface area contributed by atoms with Crippen molar-refractivity contribution in [2.45, 2.75) is 29.7 Å². The first-order valence-electron chi connectivity index (χ1n) is 9.49. The molecule has 0 N–H and O–H groups in total. The molecule has 1 fully saturated rings. The molecular weight excluding hydrogens is 429 g/mol. The van der Waals surface area contributed by atoms with Gasteiger partial charge in [0.05, 0.1) is 10.5 Å². The molecule has 1 heterocycles. The molecule has 4 nitrogen and oxygen atoms in total. The van der Waals surface area contributed by atoms with Crippen LogP contribution >= 0.6 is 0 Å². The molecule has 0 bridgehead atoms. The third kappa shape index (κ3) is 4.23. The van der Waals surface area contributed by atoms with Crippen molar-refractivity contribution >= 4 is 10.1 Å². The van der Waals surface area contributed by atoms with E-state index >= 15 is 0 Å². The number of epoxide rings is 1. The van der Waals surface area contributed by atoms with Gasteiger partial charge in [-0.05, 0) is 36.2 Å². The third-order valence-electron chi connectivity index (χ3n) is 5.24. The van der Waals surface area contributed by atoms with Crippen LogP contribution < -0.4 is 0 Å². The van der Waals surface area contributed by atoms with Crippen molar-refractivity contribution in [3.8, 4) is 0 Å². The first-order valence-corrected chi connectivity index (χ1v) is 10.9. The number of alkyl halides is 3. The molecular formula is C23H19F3O4S. The second kappa shape index (κ2) is 7.78. The summed E-state index contributed by atoms with van der Waals surface area (Å²) in [6, 6.07) is 19.8. The topological polar surface area (TPSA) is 55.9 Å². The molecule has 0 spiro atoms. The summed E-state index contributed by atoms with van der Waals surface area (Å²) in [5, 5.41) is 0. The third-order valence-corrected chi connectivity index (χ3v) is 6.52. The molecule has 1 aliphatic rings. The van der Waals surface area contributed by atoms with Gasteiger partial charge >= 0.3 is 6.18 Å². The summed E-state index contributed by atoms with van der Waals surface area (Å²) in [6.07, 6.45) is -5.57. The molecule has 4 rings (SSSR count). The lowest BCUT2D eigenvalue weighted by Gasteiger charge is -2.16. The zero-order chi connectivity index (χ0) is 22.3. The van der Waals surface area contributed by atoms with Crippen LogP contribution in [0.25, 0.3) is 0 Å². The number of hydrogen-bond donors (Lipinski definition) is 0. The van der Waals surface area contributed by atoms with Crippen LogP contribution in [-0.2, 0) is 30.8 Å². The number of hydrogen-bond acceptors (Lipinski definition) is 4. The van der Waals surface area contributed by atoms with E-state index in [1.165, 1.54) is 30.3 Å². The molecule has 8 heteroatoms. The van der Waals surface area contributed by atoms with E-state index in [0.29, 0.717) is 5.56 Å². The quantitative estimate of drug-likeness (QED) is 0.375. The van der Waals surface area contributed by atoms with E-state index in [-0.39, 0.29) is 10.5 Å². The highest BCUT2D eigenvalue weighted by atomic mass is 32.2. The highest BCUT2D eigenvalue weighted by molar-refractivity contribution is 7.86. The smallest absolute Gasteiger partial charge is 0.353 e. The Balaban J connectivity index is 1.68. The van der Waals surface area contributed by atoms with E-state index in [1.807, 2.05) is 6.92 Å². The summed E-state index contributed by atoms with van der Waals surface area (Å²) in [7, 11) is -4.12. The van der Waals surface area contributed by atoms with E-state index in [1.54, 1.807) is 42.5 Å². The number of benzene rings is 3. The fourth-order valence-corrected chi connectivity index (χ4v) is 4.48. The number of ether oxygens (including phenoxy) is 1. The van der Waals surface area contributed by atoms with Gasteiger partial charge in [0.15, 0.2) is 0 Å². The molecule has 0 amide bonds. The second-order valence-electron chi connectivity index (χ2n) is 7.37. The molecule has 31 heavy (non-hydrogen) atoms. The van der Waals surface area contributed by atoms with Crippen LogP contribution in [0.15, 0.2) is 83.8 Å². The Hall–Kier alpha value is -2.68. The van der Waals surface area contributed by atoms with Gasteiger partial charge in [-0.2, -0.15) is 21.6 Å². The minimum Gasteiger partial charge on any atom is -0.353 e. The van der Waals surface area contributed by atoms with Crippen LogP contribution in [0.3, 0.4) is 0 Å². The maximum Gasteiger partial charge on any atom is 0.416 e. The predicted molar refractivity (Wildman–Crippen MR) is 108 cm³/mol. The van der Waals surface area contributed by atoms with Gasteiger partial charge in [-0.1, -0.05) is 66.2 Å². The van der Waals surface area contributed by atoms with Crippen molar-refractivity contribution in [3.05, 3.63) is 101 Å². The minimum atomic E-state index is -4.57. The predicted octanol–water partition coefficient (Wildman–Crippen LogP) is 5.39. The molecule has 1 aliphatic heterocycles. The lowest BCUT2D eigenvalue weighted by atomic mass is 9.90. The summed E-state index contributed by atoms with van der Waals surface area (Å²) in [4.78, 5) is -0.0331. The van der Waals surface area contributed by atoms with Gasteiger partial charge in [-0.3, -0.25) is 4.18 Å². The highest BCUT2D eigenvalue weighted by Gasteiger charge is 2.61. The molecule has 0 radical (unpaired) electrons. The summed E-state index contributed by atoms with van der Waals surface area (Å²) >= 11 is 0. The Labute approximate surface area is 178 Å². The molecule has 3 aromatic carbocycles. The largest absolute Gasteiger partial charge is 0.416 e. The Morgan fingerprint density at radius 1 is 0.935 bits per heavy atom. The summed E-state index contributed by atoms with van der Waals surface area (Å²) < 4.78 is 77.0. The van der Waals surface area contributed by atoms with Gasteiger partial charge in [0.1, 0.15) is 18.3 Å². The van der Waals surface area contributed by atoms with Crippen molar-refractivity contribution in [3.63, 3.8) is 0 Å². The van der Waals surface area contributed by atoms with Gasteiger partial charge in [0.2, 0.25) is 0 Å². The monoisotopic (exact) mass is 448 g/mol. The summed E-state index contributed by atoms with van der Waals surface area (Å²) in [5.74, 6) is 0. The summed E-state index contributed by atoms with van der Waals surface area (Å²) in [5.41, 5.74) is -0.806. The molecule has 162 valence electrons. The van der Waals surface area contributed by atoms with Gasteiger partial charge in [0.25, 0.3) is 10.1 Å². The maximum absolute atomic E-state index is 13.5. The lowest BCUT2D eigenvalue weighted by molar-refractivity contribution is -0.138. The second-order valence-corrected chi connectivity index (χ2v) is 8.98. The lowest BCUT2D eigenvalue weighted by Crippen LogP contribution is -2.22. The van der Waals surface area contributed by atoms with E-state index in [9.17, 15) is 21.6 Å². The molecule has 0 aromatic heterocycles. The van der Waals surface area contributed by atoms with Crippen LogP contribution in [0, 0.1) is 6.92 Å². The fraction of sp³-hybridized carbons (Fsp3) is 0.217. The highest BCUT2D eigenvalue weighted by Crippen LogP contribution is 2.59. The fourth-order valence-electron chi connectivity index (χ4n) is 3.55. The van der Waals surface area contributed by atoms with Crippen LogP contribution in [0.1, 0.15) is 28.4 Å². The minimum absolute atomic E-state index is 0.0331. The average molecular weight is 448 g/mol. The van der Waals surface area contributed by atoms with Gasteiger partial charge < -0.3 is 4.74 Å². The zero-order valence-corrected chi connectivity index (χ0v) is 17.3. The standard InChI is InChI=1S/C23H19F3O4S/c1-16-11-13-18(14-12-16)31(27,28)29-15-22(17-7-3-2-4-8-17)21(30-22)19-9-5-6-10-20(19)23(24,25)26/h2-14,21H,15H2,1H3/t21-,22-/m0/s1. The zero-order valence-electron chi connectivity index (χ0n) is 16.5. The van der Waals surface area contributed by atoms with Crippen LogP contribution in [0.2, 0.25) is 0 Å². The van der Waals surface area contributed by atoms with Gasteiger partial charge in [0, 0.05) is 0 Å².